The predicted octanol–water partition coefficient (Wildman–Crippen LogP) is 5.41. The molecule has 0 saturated heterocycles. The van der Waals surface area contributed by atoms with Gasteiger partial charge in [-0.25, -0.2) is 0 Å². The van der Waals surface area contributed by atoms with Gasteiger partial charge in [0.15, 0.2) is 0 Å². The molecule has 0 amide bonds. The Hall–Kier alpha value is -2.27. The van der Waals surface area contributed by atoms with Gasteiger partial charge < -0.3 is 4.90 Å². The standard InChI is InChI=1S/C21H26N2/c1-4-13-23(14-5-2)20-10-8-18(9-11-20)21-12-7-17(6-3)15-19(21)16-22/h7-12,15H,4-6,13-14H2,1-3H3. The molecule has 0 unspecified atom stereocenters. The summed E-state index contributed by atoms with van der Waals surface area (Å²) >= 11 is 0. The van der Waals surface area contributed by atoms with Crippen LogP contribution >= 0.6 is 0 Å². The van der Waals surface area contributed by atoms with Crippen molar-refractivity contribution in [2.45, 2.75) is 40.0 Å². The second-order valence-electron chi connectivity index (χ2n) is 5.88. The highest BCUT2D eigenvalue weighted by atomic mass is 15.1. The Morgan fingerprint density at radius 2 is 1.57 bits per heavy atom. The van der Waals surface area contributed by atoms with Gasteiger partial charge in [-0.1, -0.05) is 45.0 Å². The highest BCUT2D eigenvalue weighted by Gasteiger charge is 2.08. The summed E-state index contributed by atoms with van der Waals surface area (Å²) in [5.74, 6) is 0. The van der Waals surface area contributed by atoms with E-state index in [2.05, 4.69) is 68.1 Å². The molecule has 23 heavy (non-hydrogen) atoms. The van der Waals surface area contributed by atoms with E-state index in [0.717, 1.165) is 49.0 Å². The summed E-state index contributed by atoms with van der Waals surface area (Å²) in [6.45, 7) is 8.71. The van der Waals surface area contributed by atoms with Crippen molar-refractivity contribution in [2.24, 2.45) is 0 Å². The molecule has 0 bridgehead atoms. The van der Waals surface area contributed by atoms with E-state index in [1.807, 2.05) is 6.07 Å². The molecule has 2 heteroatoms. The van der Waals surface area contributed by atoms with Gasteiger partial charge in [0.1, 0.15) is 0 Å². The SMILES string of the molecule is CCCN(CCC)c1ccc(-c2ccc(CC)cc2C#N)cc1. The van der Waals surface area contributed by atoms with Gasteiger partial charge in [-0.15, -0.1) is 0 Å². The molecule has 0 N–H and O–H groups in total. The molecule has 0 aliphatic carbocycles. The topological polar surface area (TPSA) is 27.0 Å². The molecule has 120 valence electrons. The molecule has 0 fully saturated rings. The second kappa shape index (κ2) is 8.39. The Bertz CT molecular complexity index is 659. The van der Waals surface area contributed by atoms with Crippen LogP contribution in [0.15, 0.2) is 42.5 Å². The minimum atomic E-state index is 0.760. The van der Waals surface area contributed by atoms with E-state index in [4.69, 9.17) is 0 Å². The van der Waals surface area contributed by atoms with Crippen LogP contribution < -0.4 is 4.90 Å². The molecule has 2 nitrogen and oxygen atoms in total. The first kappa shape index (κ1) is 17.1. The summed E-state index contributed by atoms with van der Waals surface area (Å²) in [6.07, 6.45) is 3.26. The highest BCUT2D eigenvalue weighted by Crippen LogP contribution is 2.27. The van der Waals surface area contributed by atoms with E-state index in [9.17, 15) is 5.26 Å². The highest BCUT2D eigenvalue weighted by molar-refractivity contribution is 5.72. The minimum absolute atomic E-state index is 0.760. The van der Waals surface area contributed by atoms with Gasteiger partial charge >= 0.3 is 0 Å². The molecule has 0 radical (unpaired) electrons. The molecule has 0 aromatic heterocycles. The Morgan fingerprint density at radius 3 is 2.09 bits per heavy atom. The van der Waals surface area contributed by atoms with Gasteiger partial charge in [0.05, 0.1) is 11.6 Å². The van der Waals surface area contributed by atoms with Crippen LogP contribution in [0.25, 0.3) is 11.1 Å². The molecule has 0 saturated carbocycles. The predicted molar refractivity (Wildman–Crippen MR) is 98.8 cm³/mol. The quantitative estimate of drug-likeness (QED) is 0.683. The first-order chi connectivity index (χ1) is 11.2. The van der Waals surface area contributed by atoms with Crippen LogP contribution in [0.1, 0.15) is 44.7 Å². The lowest BCUT2D eigenvalue weighted by Crippen LogP contribution is -2.24. The van der Waals surface area contributed by atoms with Crippen molar-refractivity contribution in [3.63, 3.8) is 0 Å². The zero-order valence-corrected chi connectivity index (χ0v) is 14.5. The number of hydrogen-bond acceptors (Lipinski definition) is 2. The van der Waals surface area contributed by atoms with Gasteiger partial charge in [-0.3, -0.25) is 0 Å². The van der Waals surface area contributed by atoms with Crippen molar-refractivity contribution in [2.75, 3.05) is 18.0 Å². The van der Waals surface area contributed by atoms with Crippen LogP contribution in [0, 0.1) is 11.3 Å². The number of anilines is 1. The molecular weight excluding hydrogens is 280 g/mol. The van der Waals surface area contributed by atoms with Crippen molar-refractivity contribution in [3.8, 4) is 17.2 Å². The van der Waals surface area contributed by atoms with E-state index in [0.29, 0.717) is 0 Å². The second-order valence-corrected chi connectivity index (χ2v) is 5.88. The number of nitrogens with zero attached hydrogens (tertiary/aromatic N) is 2. The number of benzene rings is 2. The van der Waals surface area contributed by atoms with Gasteiger partial charge in [-0.2, -0.15) is 5.26 Å². The average Bonchev–Trinajstić information content (AvgIpc) is 2.61. The van der Waals surface area contributed by atoms with Gasteiger partial charge in [0, 0.05) is 18.8 Å². The van der Waals surface area contributed by atoms with Crippen molar-refractivity contribution in [3.05, 3.63) is 53.6 Å². The van der Waals surface area contributed by atoms with Crippen LogP contribution in [0.5, 0.6) is 0 Å². The molecule has 2 rings (SSSR count). The van der Waals surface area contributed by atoms with Crippen LogP contribution in [-0.2, 0) is 6.42 Å². The Kier molecular flexibility index (Phi) is 6.23. The monoisotopic (exact) mass is 306 g/mol. The van der Waals surface area contributed by atoms with Crippen molar-refractivity contribution in [1.82, 2.24) is 0 Å². The van der Waals surface area contributed by atoms with E-state index >= 15 is 0 Å². The third kappa shape index (κ3) is 4.13. The number of hydrogen-bond donors (Lipinski definition) is 0. The molecule has 0 heterocycles. The summed E-state index contributed by atoms with van der Waals surface area (Å²) in [5, 5.41) is 9.42. The van der Waals surface area contributed by atoms with Crippen LogP contribution in [-0.4, -0.2) is 13.1 Å². The Labute approximate surface area is 140 Å². The van der Waals surface area contributed by atoms with Gasteiger partial charge in [0.2, 0.25) is 0 Å². The lowest BCUT2D eigenvalue weighted by Gasteiger charge is -2.24. The Morgan fingerprint density at radius 1 is 0.913 bits per heavy atom. The molecule has 2 aromatic carbocycles. The van der Waals surface area contributed by atoms with Crippen molar-refractivity contribution >= 4 is 5.69 Å². The summed E-state index contributed by atoms with van der Waals surface area (Å²) in [6, 6.07) is 17.1. The van der Waals surface area contributed by atoms with Gasteiger partial charge in [-0.05, 0) is 54.2 Å². The molecule has 0 aliphatic rings. The van der Waals surface area contributed by atoms with E-state index in [1.54, 1.807) is 0 Å². The fraction of sp³-hybridized carbons (Fsp3) is 0.381. The maximum Gasteiger partial charge on any atom is 0.0998 e. The fourth-order valence-corrected chi connectivity index (χ4v) is 2.92. The Balaban J connectivity index is 2.31. The molecule has 2 aromatic rings. The van der Waals surface area contributed by atoms with Crippen LogP contribution in [0.3, 0.4) is 0 Å². The van der Waals surface area contributed by atoms with E-state index < -0.39 is 0 Å². The third-order valence-electron chi connectivity index (χ3n) is 4.14. The van der Waals surface area contributed by atoms with Crippen molar-refractivity contribution in [1.29, 1.82) is 5.26 Å². The molecule has 0 atom stereocenters. The van der Waals surface area contributed by atoms with Crippen LogP contribution in [0.2, 0.25) is 0 Å². The van der Waals surface area contributed by atoms with Crippen molar-refractivity contribution < 1.29 is 0 Å². The summed E-state index contributed by atoms with van der Waals surface area (Å²) in [7, 11) is 0. The first-order valence-electron chi connectivity index (χ1n) is 8.61. The minimum Gasteiger partial charge on any atom is -0.372 e. The van der Waals surface area contributed by atoms with Crippen LogP contribution in [0.4, 0.5) is 5.69 Å². The lowest BCUT2D eigenvalue weighted by molar-refractivity contribution is 0.745. The fourth-order valence-electron chi connectivity index (χ4n) is 2.92. The maximum absolute atomic E-state index is 9.42. The zero-order chi connectivity index (χ0) is 16.7. The summed E-state index contributed by atoms with van der Waals surface area (Å²) in [5.41, 5.74) is 5.37. The summed E-state index contributed by atoms with van der Waals surface area (Å²) < 4.78 is 0. The number of aryl methyl sites for hydroxylation is 1. The smallest absolute Gasteiger partial charge is 0.0998 e. The van der Waals surface area contributed by atoms with E-state index in [-0.39, 0.29) is 0 Å². The lowest BCUT2D eigenvalue weighted by atomic mass is 9.97. The summed E-state index contributed by atoms with van der Waals surface area (Å²) in [4.78, 5) is 2.43. The molecular formula is C21H26N2. The average molecular weight is 306 g/mol. The zero-order valence-electron chi connectivity index (χ0n) is 14.5. The van der Waals surface area contributed by atoms with Gasteiger partial charge in [0.25, 0.3) is 0 Å². The van der Waals surface area contributed by atoms with E-state index in [1.165, 1.54) is 11.3 Å². The number of rotatable bonds is 7. The first-order valence-corrected chi connectivity index (χ1v) is 8.61. The molecule has 0 aliphatic heterocycles. The maximum atomic E-state index is 9.42. The number of nitriles is 1. The third-order valence-corrected chi connectivity index (χ3v) is 4.14. The molecule has 0 spiro atoms. The largest absolute Gasteiger partial charge is 0.372 e. The normalized spacial score (nSPS) is 10.3.